The van der Waals surface area contributed by atoms with Crippen LogP contribution in [0, 0.1) is 13.8 Å². The van der Waals surface area contributed by atoms with Crippen LogP contribution < -0.4 is 0 Å². The van der Waals surface area contributed by atoms with E-state index in [-0.39, 0.29) is 12.4 Å². The van der Waals surface area contributed by atoms with E-state index in [1.54, 1.807) is 12.1 Å². The van der Waals surface area contributed by atoms with Crippen LogP contribution in [0.15, 0.2) is 33.4 Å². The Balaban J connectivity index is 1.94. The summed E-state index contributed by atoms with van der Waals surface area (Å²) in [6.45, 7) is 6.38. The van der Waals surface area contributed by atoms with Crippen LogP contribution in [0.4, 0.5) is 0 Å². The topological polar surface area (TPSA) is 61.4 Å². The SMILES string of the molecule is CCn1c(C)cc(C(=O)COC(=O)/C=C/c2ccc(Br)o2)c1C. The number of aryl methyl sites for hydroxylation is 1. The second-order valence-electron chi connectivity index (χ2n) is 5.04. The van der Waals surface area contributed by atoms with Crippen molar-refractivity contribution in [1.82, 2.24) is 4.57 Å². The number of rotatable bonds is 6. The molecule has 0 saturated carbocycles. The molecular formula is C17H18BrNO4. The van der Waals surface area contributed by atoms with Gasteiger partial charge in [0.15, 0.2) is 11.3 Å². The van der Waals surface area contributed by atoms with Crippen LogP contribution in [-0.4, -0.2) is 22.9 Å². The number of ether oxygens (including phenoxy) is 1. The molecule has 2 rings (SSSR count). The molecular weight excluding hydrogens is 362 g/mol. The first kappa shape index (κ1) is 17.3. The van der Waals surface area contributed by atoms with Crippen molar-refractivity contribution < 1.29 is 18.7 Å². The Morgan fingerprint density at radius 2 is 2.09 bits per heavy atom. The average molecular weight is 380 g/mol. The number of esters is 1. The quantitative estimate of drug-likeness (QED) is 0.433. The standard InChI is InChI=1S/C17H18BrNO4/c1-4-19-11(2)9-14(12(19)3)15(20)10-22-17(21)8-6-13-5-7-16(18)23-13/h5-9H,4,10H2,1-3H3/b8-6+. The van der Waals surface area contributed by atoms with Crippen LogP contribution in [0.25, 0.3) is 6.08 Å². The summed E-state index contributed by atoms with van der Waals surface area (Å²) < 4.78 is 12.8. The number of halogens is 1. The summed E-state index contributed by atoms with van der Waals surface area (Å²) in [5.74, 6) is -0.276. The van der Waals surface area contributed by atoms with E-state index >= 15 is 0 Å². The fourth-order valence-electron chi connectivity index (χ4n) is 2.40. The summed E-state index contributed by atoms with van der Waals surface area (Å²) in [5, 5.41) is 0. The number of Topliss-reactive ketones (excluding diaryl/α,β-unsaturated/α-hetero) is 1. The van der Waals surface area contributed by atoms with Gasteiger partial charge in [-0.15, -0.1) is 0 Å². The zero-order valence-corrected chi connectivity index (χ0v) is 14.8. The van der Waals surface area contributed by atoms with Gasteiger partial charge in [-0.05, 0) is 61.0 Å². The Morgan fingerprint density at radius 3 is 2.65 bits per heavy atom. The molecule has 0 aliphatic heterocycles. The van der Waals surface area contributed by atoms with Gasteiger partial charge in [-0.1, -0.05) is 0 Å². The van der Waals surface area contributed by atoms with Gasteiger partial charge in [-0.25, -0.2) is 4.79 Å². The molecule has 122 valence electrons. The molecule has 0 aliphatic rings. The number of hydrogen-bond donors (Lipinski definition) is 0. The smallest absolute Gasteiger partial charge is 0.331 e. The lowest BCUT2D eigenvalue weighted by Crippen LogP contribution is -2.13. The molecule has 0 radical (unpaired) electrons. The minimum atomic E-state index is -0.588. The van der Waals surface area contributed by atoms with E-state index in [0.29, 0.717) is 16.0 Å². The van der Waals surface area contributed by atoms with Crippen LogP contribution in [0.3, 0.4) is 0 Å². The monoisotopic (exact) mass is 379 g/mol. The number of hydrogen-bond acceptors (Lipinski definition) is 4. The Morgan fingerprint density at radius 1 is 1.35 bits per heavy atom. The molecule has 0 aliphatic carbocycles. The van der Waals surface area contributed by atoms with E-state index in [1.165, 1.54) is 12.2 Å². The fourth-order valence-corrected chi connectivity index (χ4v) is 2.72. The van der Waals surface area contributed by atoms with E-state index in [0.717, 1.165) is 17.9 Å². The predicted molar refractivity (Wildman–Crippen MR) is 90.3 cm³/mol. The minimum absolute atomic E-state index is 0.208. The Kier molecular flexibility index (Phi) is 5.60. The third-order valence-corrected chi connectivity index (χ3v) is 3.94. The summed E-state index contributed by atoms with van der Waals surface area (Å²) in [7, 11) is 0. The Labute approximate surface area is 143 Å². The maximum absolute atomic E-state index is 12.2. The van der Waals surface area contributed by atoms with Crippen molar-refractivity contribution in [3.8, 4) is 0 Å². The number of nitrogens with zero attached hydrogens (tertiary/aromatic N) is 1. The summed E-state index contributed by atoms with van der Waals surface area (Å²) in [4.78, 5) is 23.8. The Bertz CT molecular complexity index is 755. The van der Waals surface area contributed by atoms with Gasteiger partial charge in [-0.2, -0.15) is 0 Å². The molecule has 0 aromatic carbocycles. The Hall–Kier alpha value is -2.08. The van der Waals surface area contributed by atoms with Crippen LogP contribution in [0.1, 0.15) is 34.4 Å². The highest BCUT2D eigenvalue weighted by atomic mass is 79.9. The minimum Gasteiger partial charge on any atom is -0.454 e. The molecule has 0 saturated heterocycles. The molecule has 0 spiro atoms. The van der Waals surface area contributed by atoms with Crippen molar-refractivity contribution in [1.29, 1.82) is 0 Å². The molecule has 0 bridgehead atoms. The highest BCUT2D eigenvalue weighted by Crippen LogP contribution is 2.16. The summed E-state index contributed by atoms with van der Waals surface area (Å²) in [6, 6.07) is 5.25. The summed E-state index contributed by atoms with van der Waals surface area (Å²) >= 11 is 3.17. The predicted octanol–water partition coefficient (Wildman–Crippen LogP) is 3.92. The van der Waals surface area contributed by atoms with Crippen LogP contribution in [0.5, 0.6) is 0 Å². The van der Waals surface area contributed by atoms with Crippen molar-refractivity contribution in [2.75, 3.05) is 6.61 Å². The first-order chi connectivity index (χ1) is 10.9. The molecule has 6 heteroatoms. The maximum Gasteiger partial charge on any atom is 0.331 e. The number of furan rings is 1. The van der Waals surface area contributed by atoms with E-state index < -0.39 is 5.97 Å². The second kappa shape index (κ2) is 7.46. The third kappa shape index (κ3) is 4.22. The third-order valence-electron chi connectivity index (χ3n) is 3.51. The molecule has 0 unspecified atom stereocenters. The molecule has 2 aromatic heterocycles. The van der Waals surface area contributed by atoms with Gasteiger partial charge in [0.25, 0.3) is 0 Å². The van der Waals surface area contributed by atoms with Gasteiger partial charge in [-0.3, -0.25) is 4.79 Å². The van der Waals surface area contributed by atoms with Crippen molar-refractivity contribution in [3.63, 3.8) is 0 Å². The first-order valence-corrected chi connectivity index (χ1v) is 8.01. The molecule has 0 fully saturated rings. The van der Waals surface area contributed by atoms with Crippen molar-refractivity contribution in [2.45, 2.75) is 27.3 Å². The highest BCUT2D eigenvalue weighted by Gasteiger charge is 2.16. The van der Waals surface area contributed by atoms with Gasteiger partial charge in [0, 0.05) is 29.6 Å². The molecule has 23 heavy (non-hydrogen) atoms. The maximum atomic E-state index is 12.2. The molecule has 2 aromatic rings. The van der Waals surface area contributed by atoms with Crippen LogP contribution >= 0.6 is 15.9 Å². The van der Waals surface area contributed by atoms with Gasteiger partial charge >= 0.3 is 5.97 Å². The van der Waals surface area contributed by atoms with Crippen LogP contribution in [0.2, 0.25) is 0 Å². The van der Waals surface area contributed by atoms with Crippen molar-refractivity contribution >= 4 is 33.8 Å². The number of carbonyl (C=O) groups excluding carboxylic acids is 2. The molecule has 5 nitrogen and oxygen atoms in total. The number of ketones is 1. The highest BCUT2D eigenvalue weighted by molar-refractivity contribution is 9.10. The fraction of sp³-hybridized carbons (Fsp3) is 0.294. The lowest BCUT2D eigenvalue weighted by molar-refractivity contribution is -0.136. The van der Waals surface area contributed by atoms with E-state index in [9.17, 15) is 9.59 Å². The number of aromatic nitrogens is 1. The van der Waals surface area contributed by atoms with E-state index in [1.807, 2.05) is 31.4 Å². The summed E-state index contributed by atoms with van der Waals surface area (Å²) in [5.41, 5.74) is 2.50. The normalized spacial score (nSPS) is 11.1. The van der Waals surface area contributed by atoms with E-state index in [2.05, 4.69) is 15.9 Å². The van der Waals surface area contributed by atoms with Gasteiger partial charge in [0.1, 0.15) is 5.76 Å². The second-order valence-corrected chi connectivity index (χ2v) is 5.82. The lowest BCUT2D eigenvalue weighted by atomic mass is 10.1. The van der Waals surface area contributed by atoms with Gasteiger partial charge in [0.2, 0.25) is 5.78 Å². The average Bonchev–Trinajstić information content (AvgIpc) is 3.05. The number of carbonyl (C=O) groups is 2. The van der Waals surface area contributed by atoms with Crippen molar-refractivity contribution in [2.24, 2.45) is 0 Å². The van der Waals surface area contributed by atoms with E-state index in [4.69, 9.17) is 9.15 Å². The van der Waals surface area contributed by atoms with Gasteiger partial charge < -0.3 is 13.7 Å². The zero-order valence-electron chi connectivity index (χ0n) is 13.3. The molecule has 0 N–H and O–H groups in total. The zero-order chi connectivity index (χ0) is 17.0. The summed E-state index contributed by atoms with van der Waals surface area (Å²) in [6.07, 6.45) is 2.72. The molecule has 0 amide bonds. The van der Waals surface area contributed by atoms with Crippen molar-refractivity contribution in [3.05, 3.63) is 51.7 Å². The van der Waals surface area contributed by atoms with Gasteiger partial charge in [0.05, 0.1) is 0 Å². The molecule has 2 heterocycles. The lowest BCUT2D eigenvalue weighted by Gasteiger charge is -2.05. The first-order valence-electron chi connectivity index (χ1n) is 7.22. The molecule has 0 atom stereocenters. The van der Waals surface area contributed by atoms with Crippen LogP contribution in [-0.2, 0) is 16.1 Å². The largest absolute Gasteiger partial charge is 0.454 e.